The van der Waals surface area contributed by atoms with Gasteiger partial charge in [-0.05, 0) is 25.5 Å². The molecule has 0 radical (unpaired) electrons. The topological polar surface area (TPSA) is 62.5 Å². The van der Waals surface area contributed by atoms with Crippen molar-refractivity contribution < 1.29 is 9.50 Å². The summed E-state index contributed by atoms with van der Waals surface area (Å²) < 4.78 is 16.3. The van der Waals surface area contributed by atoms with Gasteiger partial charge in [-0.2, -0.15) is 0 Å². The molecule has 3 heterocycles. The maximum Gasteiger partial charge on any atom is 0.183 e. The standard InChI is InChI=1S/C21H21FN4OS/c1-3-13(2)24-21-23-9-19(28-21)14-8-17(16-6-4-5-7-18(16)22)20-25-15(12-27)11-26(20)10-14/h4-11,13,27H,3,12H2,1-2H3,(H,23,24)/t13-/m1/s1. The molecule has 0 bridgehead atoms. The number of rotatable bonds is 6. The van der Waals surface area contributed by atoms with Crippen molar-refractivity contribution in [3.8, 4) is 21.6 Å². The number of hydrogen-bond donors (Lipinski definition) is 2. The van der Waals surface area contributed by atoms with Crippen LogP contribution in [0.5, 0.6) is 0 Å². The fraction of sp³-hybridized carbons (Fsp3) is 0.238. The van der Waals surface area contributed by atoms with E-state index < -0.39 is 0 Å². The minimum absolute atomic E-state index is 0.169. The highest BCUT2D eigenvalue weighted by Crippen LogP contribution is 2.35. The molecule has 2 N–H and O–H groups in total. The summed E-state index contributed by atoms with van der Waals surface area (Å²) in [6.07, 6.45) is 6.54. The van der Waals surface area contributed by atoms with Gasteiger partial charge in [0, 0.05) is 41.3 Å². The van der Waals surface area contributed by atoms with Crippen molar-refractivity contribution in [3.05, 3.63) is 60.4 Å². The Morgan fingerprint density at radius 1 is 1.25 bits per heavy atom. The molecule has 1 aromatic carbocycles. The molecule has 0 fully saturated rings. The quantitative estimate of drug-likeness (QED) is 0.483. The van der Waals surface area contributed by atoms with E-state index in [2.05, 4.69) is 29.1 Å². The van der Waals surface area contributed by atoms with E-state index in [-0.39, 0.29) is 12.4 Å². The zero-order valence-electron chi connectivity index (χ0n) is 15.7. The highest BCUT2D eigenvalue weighted by atomic mass is 32.1. The third kappa shape index (κ3) is 3.50. The van der Waals surface area contributed by atoms with Gasteiger partial charge in [0.1, 0.15) is 11.5 Å². The number of pyridine rings is 1. The second kappa shape index (κ2) is 7.69. The molecule has 1 atom stereocenters. The highest BCUT2D eigenvalue weighted by Gasteiger charge is 2.15. The summed E-state index contributed by atoms with van der Waals surface area (Å²) in [5.41, 5.74) is 3.23. The van der Waals surface area contributed by atoms with Gasteiger partial charge in [-0.15, -0.1) is 0 Å². The van der Waals surface area contributed by atoms with Gasteiger partial charge in [0.2, 0.25) is 0 Å². The van der Waals surface area contributed by atoms with Gasteiger partial charge in [0.15, 0.2) is 5.13 Å². The van der Waals surface area contributed by atoms with Crippen LogP contribution in [0.1, 0.15) is 26.0 Å². The van der Waals surface area contributed by atoms with Crippen molar-refractivity contribution in [1.82, 2.24) is 14.4 Å². The first-order valence-corrected chi connectivity index (χ1v) is 10.0. The van der Waals surface area contributed by atoms with Crippen LogP contribution in [0.3, 0.4) is 0 Å². The second-order valence-corrected chi connectivity index (χ2v) is 7.76. The Morgan fingerprint density at radius 2 is 2.07 bits per heavy atom. The maximum absolute atomic E-state index is 14.5. The van der Waals surface area contributed by atoms with Gasteiger partial charge in [-0.1, -0.05) is 36.5 Å². The molecule has 0 saturated carbocycles. The molecule has 7 heteroatoms. The molecule has 0 unspecified atom stereocenters. The summed E-state index contributed by atoms with van der Waals surface area (Å²) in [6.45, 7) is 4.07. The molecule has 0 aliphatic rings. The number of anilines is 1. The number of benzene rings is 1. The van der Waals surface area contributed by atoms with Crippen LogP contribution in [0.25, 0.3) is 27.2 Å². The number of fused-ring (bicyclic) bond motifs is 1. The van der Waals surface area contributed by atoms with E-state index in [0.717, 1.165) is 22.0 Å². The first-order chi connectivity index (χ1) is 13.6. The predicted molar refractivity (Wildman–Crippen MR) is 111 cm³/mol. The number of nitrogens with one attached hydrogen (secondary N) is 1. The van der Waals surface area contributed by atoms with E-state index in [1.807, 2.05) is 22.9 Å². The summed E-state index contributed by atoms with van der Waals surface area (Å²) in [4.78, 5) is 9.91. The monoisotopic (exact) mass is 396 g/mol. The lowest BCUT2D eigenvalue weighted by atomic mass is 10.0. The lowest BCUT2D eigenvalue weighted by Crippen LogP contribution is -2.12. The van der Waals surface area contributed by atoms with E-state index in [9.17, 15) is 9.50 Å². The van der Waals surface area contributed by atoms with E-state index in [1.54, 1.807) is 35.7 Å². The SMILES string of the molecule is CC[C@@H](C)Nc1ncc(-c2cc(-c3ccccc3F)c3nc(CO)cn3c2)s1. The molecule has 4 aromatic rings. The van der Waals surface area contributed by atoms with Crippen LogP contribution in [0.15, 0.2) is 48.9 Å². The molecular formula is C21H21FN4OS. The van der Waals surface area contributed by atoms with Crippen molar-refractivity contribution in [2.75, 3.05) is 5.32 Å². The average molecular weight is 396 g/mol. The van der Waals surface area contributed by atoms with Crippen molar-refractivity contribution in [2.45, 2.75) is 32.9 Å². The fourth-order valence-corrected chi connectivity index (χ4v) is 3.93. The third-order valence-corrected chi connectivity index (χ3v) is 5.68. The Hall–Kier alpha value is -2.77. The lowest BCUT2D eigenvalue weighted by Gasteiger charge is -2.09. The molecule has 144 valence electrons. The van der Waals surface area contributed by atoms with Gasteiger partial charge in [-0.25, -0.2) is 14.4 Å². The summed E-state index contributed by atoms with van der Waals surface area (Å²) in [5, 5.41) is 13.7. The highest BCUT2D eigenvalue weighted by molar-refractivity contribution is 7.18. The first kappa shape index (κ1) is 18.6. The number of aromatic nitrogens is 3. The average Bonchev–Trinajstić information content (AvgIpc) is 3.34. The number of aliphatic hydroxyl groups excluding tert-OH is 1. The summed E-state index contributed by atoms with van der Waals surface area (Å²) in [7, 11) is 0. The summed E-state index contributed by atoms with van der Waals surface area (Å²) in [6, 6.07) is 8.93. The van der Waals surface area contributed by atoms with Crippen LogP contribution < -0.4 is 5.32 Å². The zero-order valence-corrected chi connectivity index (χ0v) is 16.5. The molecule has 0 aliphatic heterocycles. The van der Waals surface area contributed by atoms with Crippen LogP contribution >= 0.6 is 11.3 Å². The van der Waals surface area contributed by atoms with Crippen molar-refractivity contribution in [2.24, 2.45) is 0 Å². The number of imidazole rings is 1. The van der Waals surface area contributed by atoms with E-state index in [0.29, 0.717) is 28.5 Å². The maximum atomic E-state index is 14.5. The molecule has 4 rings (SSSR count). The smallest absolute Gasteiger partial charge is 0.183 e. The Labute approximate surface area is 166 Å². The Kier molecular flexibility index (Phi) is 5.11. The van der Waals surface area contributed by atoms with Crippen LogP contribution in [0.4, 0.5) is 9.52 Å². The number of aliphatic hydroxyl groups is 1. The van der Waals surface area contributed by atoms with Gasteiger partial charge in [0.25, 0.3) is 0 Å². The van der Waals surface area contributed by atoms with E-state index in [4.69, 9.17) is 0 Å². The molecule has 28 heavy (non-hydrogen) atoms. The normalized spacial score (nSPS) is 12.4. The predicted octanol–water partition coefficient (Wildman–Crippen LogP) is 4.97. The molecule has 0 amide bonds. The largest absolute Gasteiger partial charge is 0.390 e. The fourth-order valence-electron chi connectivity index (χ4n) is 3.03. The lowest BCUT2D eigenvalue weighted by molar-refractivity contribution is 0.277. The number of nitrogens with zero attached hydrogens (tertiary/aromatic N) is 3. The number of halogens is 1. The van der Waals surface area contributed by atoms with Gasteiger partial charge < -0.3 is 14.8 Å². The number of thiazole rings is 1. The molecule has 0 saturated heterocycles. The van der Waals surface area contributed by atoms with Crippen molar-refractivity contribution >= 4 is 22.1 Å². The van der Waals surface area contributed by atoms with Gasteiger partial charge >= 0.3 is 0 Å². The number of hydrogen-bond acceptors (Lipinski definition) is 5. The zero-order chi connectivity index (χ0) is 19.7. The summed E-state index contributed by atoms with van der Waals surface area (Å²) in [5.74, 6) is -0.307. The molecule has 0 aliphatic carbocycles. The van der Waals surface area contributed by atoms with Crippen LogP contribution in [-0.2, 0) is 6.61 Å². The summed E-state index contributed by atoms with van der Waals surface area (Å²) >= 11 is 1.56. The first-order valence-electron chi connectivity index (χ1n) is 9.19. The Balaban J connectivity index is 1.85. The third-order valence-electron chi connectivity index (χ3n) is 4.70. The minimum atomic E-state index is -0.307. The molecule has 3 aromatic heterocycles. The van der Waals surface area contributed by atoms with Crippen LogP contribution in [0.2, 0.25) is 0 Å². The molecule has 5 nitrogen and oxygen atoms in total. The Bertz CT molecular complexity index is 1120. The van der Waals surface area contributed by atoms with Crippen molar-refractivity contribution in [3.63, 3.8) is 0 Å². The van der Waals surface area contributed by atoms with E-state index >= 15 is 0 Å². The van der Waals surface area contributed by atoms with Crippen LogP contribution in [0, 0.1) is 5.82 Å². The van der Waals surface area contributed by atoms with Crippen molar-refractivity contribution in [1.29, 1.82) is 0 Å². The minimum Gasteiger partial charge on any atom is -0.390 e. The molecule has 0 spiro atoms. The van der Waals surface area contributed by atoms with Crippen LogP contribution in [-0.4, -0.2) is 25.5 Å². The van der Waals surface area contributed by atoms with Gasteiger partial charge in [-0.3, -0.25) is 0 Å². The van der Waals surface area contributed by atoms with E-state index in [1.165, 1.54) is 6.07 Å². The second-order valence-electron chi connectivity index (χ2n) is 6.73. The Morgan fingerprint density at radius 3 is 2.82 bits per heavy atom. The van der Waals surface area contributed by atoms with Gasteiger partial charge in [0.05, 0.1) is 17.2 Å². The molecular weight excluding hydrogens is 375 g/mol.